The van der Waals surface area contributed by atoms with Crippen molar-refractivity contribution in [2.45, 2.75) is 25.8 Å². The standard InChI is InChI=1S/C24H30N4O4S/c1-5-19-21(23(30)32-4)22(16-6-8-18(31-3)9-7-16)28-17(15-33-24(28)25-19)14-20(29)27-12-10-26(2)11-13-27/h6-9,15,22H,5,10-14H2,1-4H3/t22-/m1/s1. The van der Waals surface area contributed by atoms with Gasteiger partial charge in [0, 0.05) is 31.9 Å². The summed E-state index contributed by atoms with van der Waals surface area (Å²) >= 11 is 1.49. The van der Waals surface area contributed by atoms with Crippen molar-refractivity contribution in [2.24, 2.45) is 4.99 Å². The first kappa shape index (κ1) is 23.4. The van der Waals surface area contributed by atoms with Gasteiger partial charge in [0.2, 0.25) is 5.91 Å². The van der Waals surface area contributed by atoms with E-state index in [4.69, 9.17) is 14.5 Å². The van der Waals surface area contributed by atoms with Crippen molar-refractivity contribution in [3.63, 3.8) is 0 Å². The molecule has 1 aromatic carbocycles. The van der Waals surface area contributed by atoms with Crippen LogP contribution in [0.2, 0.25) is 0 Å². The number of amides is 1. The number of hydrogen-bond donors (Lipinski definition) is 0. The summed E-state index contributed by atoms with van der Waals surface area (Å²) in [6.07, 6.45) is 0.864. The Bertz CT molecular complexity index is 1010. The second-order valence-electron chi connectivity index (χ2n) is 8.23. The van der Waals surface area contributed by atoms with E-state index in [0.717, 1.165) is 48.4 Å². The molecule has 9 heteroatoms. The fraction of sp³-hybridized carbons (Fsp3) is 0.458. The van der Waals surface area contributed by atoms with Crippen LogP contribution in [0.5, 0.6) is 5.75 Å². The lowest BCUT2D eigenvalue weighted by atomic mass is 9.92. The molecule has 1 saturated heterocycles. The molecule has 0 bridgehead atoms. The van der Waals surface area contributed by atoms with Crippen molar-refractivity contribution < 1.29 is 19.1 Å². The van der Waals surface area contributed by atoms with Gasteiger partial charge in [-0.1, -0.05) is 30.8 Å². The minimum absolute atomic E-state index is 0.0922. The van der Waals surface area contributed by atoms with Crippen molar-refractivity contribution in [1.82, 2.24) is 14.7 Å². The van der Waals surface area contributed by atoms with E-state index in [0.29, 0.717) is 17.7 Å². The quantitative estimate of drug-likeness (QED) is 0.592. The molecule has 4 rings (SSSR count). The Kier molecular flexibility index (Phi) is 7.09. The molecule has 3 aliphatic rings. The van der Waals surface area contributed by atoms with Gasteiger partial charge in [-0.3, -0.25) is 4.79 Å². The van der Waals surface area contributed by atoms with Gasteiger partial charge in [0.15, 0.2) is 5.17 Å². The molecule has 0 unspecified atom stereocenters. The topological polar surface area (TPSA) is 74.7 Å². The maximum Gasteiger partial charge on any atom is 0.338 e. The number of carbonyl (C=O) groups excluding carboxylic acids is 2. The van der Waals surface area contributed by atoms with Gasteiger partial charge in [-0.25, -0.2) is 9.79 Å². The van der Waals surface area contributed by atoms with Gasteiger partial charge in [-0.2, -0.15) is 0 Å². The third kappa shape index (κ3) is 4.65. The molecule has 1 atom stereocenters. The summed E-state index contributed by atoms with van der Waals surface area (Å²) in [5.74, 6) is 0.422. The maximum atomic E-state index is 13.1. The number of ether oxygens (including phenoxy) is 2. The van der Waals surface area contributed by atoms with Gasteiger partial charge in [0.25, 0.3) is 0 Å². The fourth-order valence-electron chi connectivity index (χ4n) is 4.34. The van der Waals surface area contributed by atoms with Gasteiger partial charge in [-0.05, 0) is 36.6 Å². The Hall–Kier alpha value is -2.78. The van der Waals surface area contributed by atoms with E-state index in [9.17, 15) is 9.59 Å². The third-order valence-electron chi connectivity index (χ3n) is 6.25. The van der Waals surface area contributed by atoms with E-state index < -0.39 is 12.0 Å². The minimum atomic E-state index is -0.424. The molecule has 0 radical (unpaired) electrons. The number of piperazine rings is 1. The highest BCUT2D eigenvalue weighted by Gasteiger charge is 2.41. The Labute approximate surface area is 198 Å². The van der Waals surface area contributed by atoms with E-state index in [1.54, 1.807) is 7.11 Å². The number of thioether (sulfide) groups is 1. The number of rotatable bonds is 6. The van der Waals surface area contributed by atoms with Crippen LogP contribution in [0.4, 0.5) is 0 Å². The summed E-state index contributed by atoms with van der Waals surface area (Å²) in [6, 6.07) is 7.23. The van der Waals surface area contributed by atoms with E-state index in [2.05, 4.69) is 11.9 Å². The number of methoxy groups -OCH3 is 2. The number of fused-ring (bicyclic) bond motifs is 1. The predicted octanol–water partition coefficient (Wildman–Crippen LogP) is 3.00. The molecule has 0 N–H and O–H groups in total. The molecule has 0 aliphatic carbocycles. The number of allylic oxidation sites excluding steroid dienone is 1. The Morgan fingerprint density at radius 2 is 1.82 bits per heavy atom. The van der Waals surface area contributed by atoms with Crippen molar-refractivity contribution in [3.05, 3.63) is 52.2 Å². The van der Waals surface area contributed by atoms with Crippen LogP contribution in [0.15, 0.2) is 51.6 Å². The normalized spacial score (nSPS) is 20.9. The molecule has 8 nitrogen and oxygen atoms in total. The van der Waals surface area contributed by atoms with Gasteiger partial charge in [0.1, 0.15) is 5.75 Å². The Balaban J connectivity index is 1.68. The van der Waals surface area contributed by atoms with Crippen LogP contribution < -0.4 is 4.74 Å². The number of aliphatic imine (C=N–C) groups is 1. The predicted molar refractivity (Wildman–Crippen MR) is 129 cm³/mol. The Morgan fingerprint density at radius 1 is 1.12 bits per heavy atom. The Morgan fingerprint density at radius 3 is 2.42 bits per heavy atom. The highest BCUT2D eigenvalue weighted by molar-refractivity contribution is 8.16. The van der Waals surface area contributed by atoms with E-state index >= 15 is 0 Å². The zero-order valence-electron chi connectivity index (χ0n) is 19.5. The van der Waals surface area contributed by atoms with E-state index in [1.807, 2.05) is 46.4 Å². The number of likely N-dealkylation sites (N-methyl/N-ethyl adjacent to an activating group) is 1. The van der Waals surface area contributed by atoms with Crippen LogP contribution >= 0.6 is 11.8 Å². The summed E-state index contributed by atoms with van der Waals surface area (Å²) in [4.78, 5) is 37.0. The summed E-state index contributed by atoms with van der Waals surface area (Å²) in [5, 5.41) is 2.76. The van der Waals surface area contributed by atoms with Crippen molar-refractivity contribution in [1.29, 1.82) is 0 Å². The van der Waals surface area contributed by atoms with Crippen LogP contribution in [-0.4, -0.2) is 79.2 Å². The first-order valence-electron chi connectivity index (χ1n) is 11.1. The second kappa shape index (κ2) is 10.0. The van der Waals surface area contributed by atoms with Crippen LogP contribution in [0.3, 0.4) is 0 Å². The number of benzene rings is 1. The molecule has 1 amide bonds. The number of amidine groups is 1. The highest BCUT2D eigenvalue weighted by atomic mass is 32.2. The number of hydrogen-bond acceptors (Lipinski definition) is 8. The number of carbonyl (C=O) groups is 2. The molecule has 1 fully saturated rings. The zero-order valence-corrected chi connectivity index (χ0v) is 20.4. The van der Waals surface area contributed by atoms with E-state index in [-0.39, 0.29) is 12.3 Å². The third-order valence-corrected chi connectivity index (χ3v) is 7.14. The van der Waals surface area contributed by atoms with Crippen LogP contribution in [0.25, 0.3) is 0 Å². The first-order chi connectivity index (χ1) is 16.0. The molecule has 33 heavy (non-hydrogen) atoms. The molecule has 0 aromatic heterocycles. The van der Waals surface area contributed by atoms with Gasteiger partial charge in [-0.15, -0.1) is 0 Å². The average Bonchev–Trinajstić information content (AvgIpc) is 3.24. The zero-order chi connectivity index (χ0) is 23.5. The molecule has 3 aliphatic heterocycles. The number of esters is 1. The molecule has 3 heterocycles. The largest absolute Gasteiger partial charge is 0.497 e. The highest BCUT2D eigenvalue weighted by Crippen LogP contribution is 2.45. The van der Waals surface area contributed by atoms with Gasteiger partial charge >= 0.3 is 5.97 Å². The van der Waals surface area contributed by atoms with Crippen LogP contribution in [0.1, 0.15) is 31.4 Å². The first-order valence-corrected chi connectivity index (χ1v) is 12.0. The summed E-state index contributed by atoms with van der Waals surface area (Å²) in [5.41, 5.74) is 2.98. The molecule has 0 saturated carbocycles. The molecule has 176 valence electrons. The number of nitrogens with zero attached hydrogens (tertiary/aromatic N) is 4. The SMILES string of the molecule is CCC1=C(C(=O)OC)[C@@H](c2ccc(OC)cc2)N2C(CC(=O)N3CCN(C)CC3)=CSC2=N1. The molecular weight excluding hydrogens is 440 g/mol. The molecule has 0 spiro atoms. The lowest BCUT2D eigenvalue weighted by molar-refractivity contribution is -0.136. The van der Waals surface area contributed by atoms with Crippen molar-refractivity contribution in [2.75, 3.05) is 47.4 Å². The van der Waals surface area contributed by atoms with Gasteiger partial charge in [0.05, 0.1) is 38.0 Å². The monoisotopic (exact) mass is 470 g/mol. The summed E-state index contributed by atoms with van der Waals surface area (Å²) in [6.45, 7) is 5.19. The molecular formula is C24H30N4O4S. The maximum absolute atomic E-state index is 13.1. The summed E-state index contributed by atoms with van der Waals surface area (Å²) < 4.78 is 10.5. The minimum Gasteiger partial charge on any atom is -0.497 e. The van der Waals surface area contributed by atoms with Gasteiger partial charge < -0.3 is 24.2 Å². The van der Waals surface area contributed by atoms with Crippen LogP contribution in [0, 0.1) is 0 Å². The smallest absolute Gasteiger partial charge is 0.338 e. The fourth-order valence-corrected chi connectivity index (χ4v) is 5.27. The van der Waals surface area contributed by atoms with Crippen molar-refractivity contribution in [3.8, 4) is 5.75 Å². The lowest BCUT2D eigenvalue weighted by Crippen LogP contribution is -2.47. The van der Waals surface area contributed by atoms with E-state index in [1.165, 1.54) is 18.9 Å². The summed E-state index contributed by atoms with van der Waals surface area (Å²) in [7, 11) is 5.08. The molecule has 1 aromatic rings. The lowest BCUT2D eigenvalue weighted by Gasteiger charge is -2.37. The second-order valence-corrected chi connectivity index (χ2v) is 9.07. The van der Waals surface area contributed by atoms with Crippen LogP contribution in [-0.2, 0) is 14.3 Å². The van der Waals surface area contributed by atoms with Crippen molar-refractivity contribution >= 4 is 28.8 Å². The average molecular weight is 471 g/mol.